The molecule has 0 aromatic heterocycles. The van der Waals surface area contributed by atoms with Gasteiger partial charge in [-0.25, -0.2) is 13.3 Å². The predicted molar refractivity (Wildman–Crippen MR) is 44.0 cm³/mol. The first-order valence-corrected chi connectivity index (χ1v) is 5.25. The standard InChI is InChI=1S/C7H5F4O4P/c8-7(9)5-1-3-6(4-2-5)13-16(12,14-10)15-11/h1-4,7H. The summed E-state index contributed by atoms with van der Waals surface area (Å²) in [6, 6.07) is 3.74. The Morgan fingerprint density at radius 1 is 1.06 bits per heavy atom. The van der Waals surface area contributed by atoms with E-state index in [1.807, 2.05) is 0 Å². The van der Waals surface area contributed by atoms with Crippen LogP contribution in [0.15, 0.2) is 24.3 Å². The Morgan fingerprint density at radius 3 is 1.94 bits per heavy atom. The lowest BCUT2D eigenvalue weighted by Crippen LogP contribution is -1.94. The fourth-order valence-electron chi connectivity index (χ4n) is 0.842. The molecule has 90 valence electrons. The zero-order chi connectivity index (χ0) is 12.2. The first-order chi connectivity index (χ1) is 7.50. The summed E-state index contributed by atoms with van der Waals surface area (Å²) >= 11 is 0. The Balaban J connectivity index is 2.79. The van der Waals surface area contributed by atoms with Crippen LogP contribution in [0.25, 0.3) is 0 Å². The van der Waals surface area contributed by atoms with Crippen molar-refractivity contribution in [1.82, 2.24) is 0 Å². The van der Waals surface area contributed by atoms with Gasteiger partial charge in [0.25, 0.3) is 6.43 Å². The van der Waals surface area contributed by atoms with Crippen LogP contribution in [0.2, 0.25) is 0 Å². The minimum atomic E-state index is -4.96. The molecule has 16 heavy (non-hydrogen) atoms. The second kappa shape index (κ2) is 5.29. The highest BCUT2D eigenvalue weighted by molar-refractivity contribution is 7.48. The summed E-state index contributed by atoms with van der Waals surface area (Å²) in [5.41, 5.74) is -0.329. The smallest absolute Gasteiger partial charge is 0.401 e. The molecule has 1 aromatic carbocycles. The average Bonchev–Trinajstić information content (AvgIpc) is 2.29. The normalized spacial score (nSPS) is 11.8. The molecular formula is C7H5F4O4P. The molecule has 0 atom stereocenters. The molecule has 0 saturated heterocycles. The monoisotopic (exact) mass is 260 g/mol. The maximum Gasteiger partial charge on any atom is 0.593 e. The van der Waals surface area contributed by atoms with Gasteiger partial charge in [-0.3, -0.25) is 0 Å². The summed E-state index contributed by atoms with van der Waals surface area (Å²) in [5, 5.41) is 0. The van der Waals surface area contributed by atoms with Crippen LogP contribution in [0.1, 0.15) is 12.0 Å². The summed E-state index contributed by atoms with van der Waals surface area (Å²) in [6.45, 7) is 0. The number of alkyl halides is 2. The van der Waals surface area contributed by atoms with Crippen molar-refractivity contribution in [3.63, 3.8) is 0 Å². The molecule has 0 unspecified atom stereocenters. The molecule has 0 aliphatic rings. The van der Waals surface area contributed by atoms with Crippen molar-refractivity contribution in [3.8, 4) is 5.75 Å². The van der Waals surface area contributed by atoms with Crippen LogP contribution in [0, 0.1) is 0 Å². The van der Waals surface area contributed by atoms with E-state index >= 15 is 0 Å². The third-order valence-electron chi connectivity index (χ3n) is 1.52. The molecule has 0 saturated carbocycles. The van der Waals surface area contributed by atoms with Crippen LogP contribution >= 0.6 is 7.82 Å². The SMILES string of the molecule is O=P(OF)(OF)Oc1ccc(C(F)F)cc1. The van der Waals surface area contributed by atoms with Gasteiger partial charge in [-0.1, -0.05) is 9.46 Å². The van der Waals surface area contributed by atoms with Crippen LogP contribution in [0.5, 0.6) is 5.75 Å². The van der Waals surface area contributed by atoms with E-state index in [-0.39, 0.29) is 11.3 Å². The van der Waals surface area contributed by atoms with Crippen LogP contribution in [0.3, 0.4) is 0 Å². The molecule has 0 heterocycles. The number of hydrogen-bond acceptors (Lipinski definition) is 4. The van der Waals surface area contributed by atoms with E-state index < -0.39 is 14.2 Å². The van der Waals surface area contributed by atoms with Crippen molar-refractivity contribution in [2.45, 2.75) is 6.43 Å². The summed E-state index contributed by atoms with van der Waals surface area (Å²) in [4.78, 5) is 0. The second-order valence-electron chi connectivity index (χ2n) is 2.55. The fourth-order valence-corrected chi connectivity index (χ4v) is 1.30. The van der Waals surface area contributed by atoms with E-state index in [1.54, 1.807) is 0 Å². The van der Waals surface area contributed by atoms with Crippen LogP contribution in [-0.4, -0.2) is 0 Å². The molecular weight excluding hydrogens is 255 g/mol. The minimum absolute atomic E-state index is 0.329. The first-order valence-electron chi connectivity index (χ1n) is 3.79. The Hall–Kier alpha value is -1.11. The van der Waals surface area contributed by atoms with Gasteiger partial charge in [-0.05, 0) is 33.3 Å². The van der Waals surface area contributed by atoms with Crippen molar-refractivity contribution < 1.29 is 36.4 Å². The van der Waals surface area contributed by atoms with Crippen molar-refractivity contribution in [2.24, 2.45) is 0 Å². The van der Waals surface area contributed by atoms with Gasteiger partial charge in [0, 0.05) is 5.56 Å². The van der Waals surface area contributed by atoms with Gasteiger partial charge in [0.1, 0.15) is 5.75 Å². The molecule has 9 heteroatoms. The number of hydrogen-bond donors (Lipinski definition) is 0. The topological polar surface area (TPSA) is 44.8 Å². The first kappa shape index (κ1) is 13.0. The Bertz CT molecular complexity index is 374. The number of halogens is 4. The van der Waals surface area contributed by atoms with Crippen LogP contribution in [-0.2, 0) is 14.0 Å². The van der Waals surface area contributed by atoms with Crippen LogP contribution < -0.4 is 4.52 Å². The predicted octanol–water partition coefficient (Wildman–Crippen LogP) is 3.91. The summed E-state index contributed by atoms with van der Waals surface area (Å²) in [6.07, 6.45) is -2.70. The molecule has 4 nitrogen and oxygen atoms in total. The van der Waals surface area contributed by atoms with E-state index in [0.717, 1.165) is 24.3 Å². The summed E-state index contributed by atoms with van der Waals surface area (Å²) < 4.78 is 67.6. The van der Waals surface area contributed by atoms with Gasteiger partial charge in [0.15, 0.2) is 0 Å². The highest BCUT2D eigenvalue weighted by atomic mass is 31.2. The largest absolute Gasteiger partial charge is 0.593 e. The summed E-state index contributed by atoms with van der Waals surface area (Å²) in [7, 11) is -4.96. The molecule has 0 radical (unpaired) electrons. The zero-order valence-electron chi connectivity index (χ0n) is 7.48. The molecule has 0 bridgehead atoms. The van der Waals surface area contributed by atoms with Gasteiger partial charge in [-0.15, -0.1) is 0 Å². The van der Waals surface area contributed by atoms with Gasteiger partial charge in [-0.2, -0.15) is 0 Å². The molecule has 1 aromatic rings. The zero-order valence-corrected chi connectivity index (χ0v) is 8.37. The lowest BCUT2D eigenvalue weighted by atomic mass is 10.2. The molecule has 0 amide bonds. The van der Waals surface area contributed by atoms with Crippen molar-refractivity contribution in [2.75, 3.05) is 0 Å². The molecule has 1 rings (SSSR count). The van der Waals surface area contributed by atoms with Gasteiger partial charge < -0.3 is 4.52 Å². The Kier molecular flexibility index (Phi) is 4.28. The quantitative estimate of drug-likeness (QED) is 0.594. The van der Waals surface area contributed by atoms with Gasteiger partial charge >= 0.3 is 7.82 Å². The number of phosphoric acid groups is 1. The summed E-state index contributed by atoms with van der Waals surface area (Å²) in [5.74, 6) is -0.344. The molecule has 0 spiro atoms. The maximum atomic E-state index is 12.1. The van der Waals surface area contributed by atoms with E-state index in [0.29, 0.717) is 0 Å². The van der Waals surface area contributed by atoms with E-state index in [1.165, 1.54) is 0 Å². The lowest BCUT2D eigenvalue weighted by Gasteiger charge is -2.09. The minimum Gasteiger partial charge on any atom is -0.401 e. The third kappa shape index (κ3) is 3.19. The van der Waals surface area contributed by atoms with Crippen LogP contribution in [0.4, 0.5) is 17.8 Å². The van der Waals surface area contributed by atoms with E-state index in [4.69, 9.17) is 0 Å². The molecule has 0 fully saturated rings. The molecule has 0 aliphatic carbocycles. The molecule has 0 N–H and O–H groups in total. The van der Waals surface area contributed by atoms with Crippen molar-refractivity contribution in [1.29, 1.82) is 0 Å². The van der Waals surface area contributed by atoms with Gasteiger partial charge in [0.05, 0.1) is 0 Å². The van der Waals surface area contributed by atoms with Crippen molar-refractivity contribution in [3.05, 3.63) is 29.8 Å². The van der Waals surface area contributed by atoms with Crippen molar-refractivity contribution >= 4 is 7.82 Å². The Labute approximate surface area is 87.1 Å². The molecule has 0 aliphatic heterocycles. The number of benzene rings is 1. The van der Waals surface area contributed by atoms with Gasteiger partial charge in [0.2, 0.25) is 0 Å². The highest BCUT2D eigenvalue weighted by Crippen LogP contribution is 2.50. The highest BCUT2D eigenvalue weighted by Gasteiger charge is 2.31. The second-order valence-corrected chi connectivity index (χ2v) is 3.90. The number of rotatable bonds is 5. The van der Waals surface area contributed by atoms with E-state index in [2.05, 4.69) is 14.0 Å². The third-order valence-corrected chi connectivity index (χ3v) is 2.29. The maximum absolute atomic E-state index is 12.1. The fraction of sp³-hybridized carbons (Fsp3) is 0.143. The Morgan fingerprint density at radius 2 is 1.56 bits per heavy atom. The van der Waals surface area contributed by atoms with E-state index in [9.17, 15) is 22.4 Å². The lowest BCUT2D eigenvalue weighted by molar-refractivity contribution is -0.107. The average molecular weight is 260 g/mol.